The summed E-state index contributed by atoms with van der Waals surface area (Å²) in [6, 6.07) is 8.12. The minimum absolute atomic E-state index is 0.0549. The molecular weight excluding hydrogens is 308 g/mol. The van der Waals surface area contributed by atoms with Gasteiger partial charge in [0.1, 0.15) is 5.51 Å². The highest BCUT2D eigenvalue weighted by Gasteiger charge is 2.27. The molecule has 5 nitrogen and oxygen atoms in total. The molecule has 1 atom stereocenters. The summed E-state index contributed by atoms with van der Waals surface area (Å²) in [5.41, 5.74) is 2.77. The van der Waals surface area contributed by atoms with Gasteiger partial charge in [0.2, 0.25) is 11.0 Å². The van der Waals surface area contributed by atoms with E-state index in [2.05, 4.69) is 26.5 Å². The number of likely N-dealkylation sites (tertiary alicyclic amines) is 1. The van der Waals surface area contributed by atoms with Crippen LogP contribution in [0.5, 0.6) is 0 Å². The summed E-state index contributed by atoms with van der Waals surface area (Å²) < 4.78 is 0. The van der Waals surface area contributed by atoms with Crippen LogP contribution in [0.1, 0.15) is 24.4 Å². The van der Waals surface area contributed by atoms with Gasteiger partial charge in [0.05, 0.1) is 6.54 Å². The Morgan fingerprint density at radius 3 is 3.19 bits per heavy atom. The molecule has 0 aliphatic carbocycles. The molecule has 1 aromatic heterocycles. The Kier molecular flexibility index (Phi) is 4.48. The number of anilines is 1. The van der Waals surface area contributed by atoms with Crippen LogP contribution < -0.4 is 5.32 Å². The molecule has 2 aromatic rings. The van der Waals surface area contributed by atoms with Gasteiger partial charge in [0, 0.05) is 11.1 Å². The standard InChI is InChI=1S/C14H15ClN4OS/c15-11-4-1-3-10(7-11)12-5-2-6-19(12)8-13(20)17-14-18-16-9-21-14/h1,3-4,7,9,12H,2,5-6,8H2,(H,17,18,20)/t12-/m1/s1. The van der Waals surface area contributed by atoms with Gasteiger partial charge in [0.15, 0.2) is 0 Å². The van der Waals surface area contributed by atoms with Crippen LogP contribution in [0.15, 0.2) is 29.8 Å². The number of amides is 1. The van der Waals surface area contributed by atoms with Crippen LogP contribution in [0.25, 0.3) is 0 Å². The van der Waals surface area contributed by atoms with E-state index in [0.29, 0.717) is 11.7 Å². The Morgan fingerprint density at radius 1 is 1.52 bits per heavy atom. The lowest BCUT2D eigenvalue weighted by Gasteiger charge is -2.24. The normalized spacial score (nSPS) is 18.8. The third kappa shape index (κ3) is 3.58. The maximum absolute atomic E-state index is 12.1. The molecule has 2 heterocycles. The highest BCUT2D eigenvalue weighted by Crippen LogP contribution is 2.32. The number of benzene rings is 1. The van der Waals surface area contributed by atoms with Crippen LogP contribution in [0, 0.1) is 0 Å². The fourth-order valence-electron chi connectivity index (χ4n) is 2.68. The van der Waals surface area contributed by atoms with Crippen molar-refractivity contribution in [1.82, 2.24) is 15.1 Å². The molecule has 1 aliphatic heterocycles. The SMILES string of the molecule is O=C(CN1CCC[C@@H]1c1cccc(Cl)c1)Nc1nncs1. The maximum Gasteiger partial charge on any atom is 0.240 e. The fourth-order valence-corrected chi connectivity index (χ4v) is 3.34. The lowest BCUT2D eigenvalue weighted by Crippen LogP contribution is -2.32. The highest BCUT2D eigenvalue weighted by atomic mass is 35.5. The van der Waals surface area contributed by atoms with Crippen LogP contribution in [-0.2, 0) is 4.79 Å². The molecule has 1 fully saturated rings. The van der Waals surface area contributed by atoms with Crippen molar-refractivity contribution in [3.8, 4) is 0 Å². The number of nitrogens with one attached hydrogen (secondary N) is 1. The van der Waals surface area contributed by atoms with E-state index in [1.807, 2.05) is 18.2 Å². The van der Waals surface area contributed by atoms with Gasteiger partial charge in [-0.2, -0.15) is 0 Å². The number of carbonyl (C=O) groups is 1. The predicted octanol–water partition coefficient (Wildman–Crippen LogP) is 2.97. The highest BCUT2D eigenvalue weighted by molar-refractivity contribution is 7.13. The zero-order valence-electron chi connectivity index (χ0n) is 11.3. The molecule has 1 aromatic carbocycles. The largest absolute Gasteiger partial charge is 0.299 e. The second kappa shape index (κ2) is 6.51. The topological polar surface area (TPSA) is 58.1 Å². The molecular formula is C14H15ClN4OS. The Bertz CT molecular complexity index is 619. The molecule has 0 unspecified atom stereocenters. The maximum atomic E-state index is 12.1. The van der Waals surface area contributed by atoms with E-state index in [-0.39, 0.29) is 11.9 Å². The van der Waals surface area contributed by atoms with E-state index < -0.39 is 0 Å². The predicted molar refractivity (Wildman–Crippen MR) is 83.5 cm³/mol. The molecule has 3 rings (SSSR count). The molecule has 1 aliphatic rings. The van der Waals surface area contributed by atoms with Gasteiger partial charge in [-0.1, -0.05) is 35.1 Å². The summed E-state index contributed by atoms with van der Waals surface area (Å²) >= 11 is 7.38. The van der Waals surface area contributed by atoms with Crippen molar-refractivity contribution >= 4 is 34.0 Å². The third-order valence-corrected chi connectivity index (χ3v) is 4.39. The van der Waals surface area contributed by atoms with Crippen molar-refractivity contribution in [2.45, 2.75) is 18.9 Å². The summed E-state index contributed by atoms with van der Waals surface area (Å²) in [5.74, 6) is -0.0549. The first-order valence-electron chi connectivity index (χ1n) is 6.78. The quantitative estimate of drug-likeness (QED) is 0.940. The third-order valence-electron chi connectivity index (χ3n) is 3.55. The number of hydrogen-bond donors (Lipinski definition) is 1. The average Bonchev–Trinajstić information content (AvgIpc) is 3.10. The van der Waals surface area contributed by atoms with E-state index in [1.165, 1.54) is 16.9 Å². The first kappa shape index (κ1) is 14.4. The number of halogens is 1. The molecule has 1 saturated heterocycles. The molecule has 0 spiro atoms. The molecule has 0 saturated carbocycles. The van der Waals surface area contributed by atoms with Crippen molar-refractivity contribution in [1.29, 1.82) is 0 Å². The molecule has 110 valence electrons. The number of rotatable bonds is 4. The molecule has 1 amide bonds. The van der Waals surface area contributed by atoms with Crippen LogP contribution in [-0.4, -0.2) is 34.1 Å². The van der Waals surface area contributed by atoms with Crippen molar-refractivity contribution in [3.05, 3.63) is 40.4 Å². The van der Waals surface area contributed by atoms with Gasteiger partial charge in [-0.15, -0.1) is 10.2 Å². The minimum atomic E-state index is -0.0549. The van der Waals surface area contributed by atoms with Gasteiger partial charge in [-0.05, 0) is 37.1 Å². The average molecular weight is 323 g/mol. The lowest BCUT2D eigenvalue weighted by molar-refractivity contribution is -0.117. The van der Waals surface area contributed by atoms with Crippen LogP contribution >= 0.6 is 22.9 Å². The van der Waals surface area contributed by atoms with Crippen LogP contribution in [0.2, 0.25) is 5.02 Å². The lowest BCUT2D eigenvalue weighted by atomic mass is 10.0. The van der Waals surface area contributed by atoms with Gasteiger partial charge < -0.3 is 0 Å². The Balaban J connectivity index is 1.65. The van der Waals surface area contributed by atoms with Gasteiger partial charge in [0.25, 0.3) is 0 Å². The van der Waals surface area contributed by atoms with E-state index in [0.717, 1.165) is 24.4 Å². The Hall–Kier alpha value is -1.50. The first-order valence-corrected chi connectivity index (χ1v) is 8.03. The van der Waals surface area contributed by atoms with Crippen LogP contribution in [0.4, 0.5) is 5.13 Å². The number of aromatic nitrogens is 2. The second-order valence-electron chi connectivity index (χ2n) is 4.98. The minimum Gasteiger partial charge on any atom is -0.299 e. The van der Waals surface area contributed by atoms with Crippen LogP contribution in [0.3, 0.4) is 0 Å². The zero-order valence-corrected chi connectivity index (χ0v) is 12.9. The van der Waals surface area contributed by atoms with Crippen molar-refractivity contribution in [2.24, 2.45) is 0 Å². The summed E-state index contributed by atoms with van der Waals surface area (Å²) in [6.07, 6.45) is 2.13. The summed E-state index contributed by atoms with van der Waals surface area (Å²) in [6.45, 7) is 1.28. The fraction of sp³-hybridized carbons (Fsp3) is 0.357. The summed E-state index contributed by atoms with van der Waals surface area (Å²) in [4.78, 5) is 14.3. The summed E-state index contributed by atoms with van der Waals surface area (Å²) in [5, 5.41) is 11.6. The van der Waals surface area contributed by atoms with E-state index in [4.69, 9.17) is 11.6 Å². The second-order valence-corrected chi connectivity index (χ2v) is 6.25. The Labute approximate surface area is 131 Å². The van der Waals surface area contributed by atoms with E-state index in [1.54, 1.807) is 5.51 Å². The smallest absolute Gasteiger partial charge is 0.240 e. The van der Waals surface area contributed by atoms with E-state index in [9.17, 15) is 4.79 Å². The Morgan fingerprint density at radius 2 is 2.43 bits per heavy atom. The monoisotopic (exact) mass is 322 g/mol. The summed E-state index contributed by atoms with van der Waals surface area (Å²) in [7, 11) is 0. The van der Waals surface area contributed by atoms with Crippen molar-refractivity contribution in [3.63, 3.8) is 0 Å². The van der Waals surface area contributed by atoms with Gasteiger partial charge in [-0.25, -0.2) is 0 Å². The van der Waals surface area contributed by atoms with E-state index >= 15 is 0 Å². The number of nitrogens with zero attached hydrogens (tertiary/aromatic N) is 3. The molecule has 0 bridgehead atoms. The number of carbonyl (C=O) groups excluding carboxylic acids is 1. The van der Waals surface area contributed by atoms with Crippen molar-refractivity contribution in [2.75, 3.05) is 18.4 Å². The molecule has 0 radical (unpaired) electrons. The zero-order chi connectivity index (χ0) is 14.7. The first-order chi connectivity index (χ1) is 10.2. The van der Waals surface area contributed by atoms with Gasteiger partial charge in [-0.3, -0.25) is 15.0 Å². The van der Waals surface area contributed by atoms with Crippen molar-refractivity contribution < 1.29 is 4.79 Å². The molecule has 1 N–H and O–H groups in total. The molecule has 7 heteroatoms. The van der Waals surface area contributed by atoms with Gasteiger partial charge >= 0.3 is 0 Å². The number of hydrogen-bond acceptors (Lipinski definition) is 5. The molecule has 21 heavy (non-hydrogen) atoms.